The van der Waals surface area contributed by atoms with Gasteiger partial charge in [-0.05, 0) is 33.6 Å². The van der Waals surface area contributed by atoms with Gasteiger partial charge in [0.2, 0.25) is 0 Å². The molecule has 7 heteroatoms. The van der Waals surface area contributed by atoms with Gasteiger partial charge in [0, 0.05) is 0 Å². The molecular formula is C11H17NO6. The van der Waals surface area contributed by atoms with Crippen molar-refractivity contribution in [3.63, 3.8) is 0 Å². The van der Waals surface area contributed by atoms with Crippen molar-refractivity contribution >= 4 is 18.0 Å². The van der Waals surface area contributed by atoms with Crippen LogP contribution in [0.25, 0.3) is 0 Å². The average molecular weight is 259 g/mol. The number of hydrogen-bond acceptors (Lipinski definition) is 4. The molecule has 0 saturated carbocycles. The van der Waals surface area contributed by atoms with Crippen LogP contribution in [0.1, 0.15) is 33.6 Å². The molecule has 0 radical (unpaired) electrons. The monoisotopic (exact) mass is 259 g/mol. The molecule has 0 aromatic rings. The van der Waals surface area contributed by atoms with E-state index in [0.29, 0.717) is 0 Å². The van der Waals surface area contributed by atoms with Gasteiger partial charge >= 0.3 is 18.0 Å². The number of carboxylic acids is 2. The van der Waals surface area contributed by atoms with Crippen LogP contribution in [0.15, 0.2) is 0 Å². The van der Waals surface area contributed by atoms with Crippen LogP contribution in [-0.2, 0) is 14.3 Å². The van der Waals surface area contributed by atoms with Gasteiger partial charge in [-0.1, -0.05) is 0 Å². The molecule has 1 fully saturated rings. The Balaban J connectivity index is 2.93. The van der Waals surface area contributed by atoms with Crippen LogP contribution in [0.5, 0.6) is 0 Å². The van der Waals surface area contributed by atoms with E-state index < -0.39 is 35.7 Å². The molecule has 0 bridgehead atoms. The summed E-state index contributed by atoms with van der Waals surface area (Å²) in [7, 11) is 0. The molecule has 0 aliphatic carbocycles. The molecule has 1 rings (SSSR count). The van der Waals surface area contributed by atoms with Crippen molar-refractivity contribution in [2.45, 2.75) is 51.3 Å². The van der Waals surface area contributed by atoms with Gasteiger partial charge in [-0.3, -0.25) is 4.90 Å². The molecule has 1 aliphatic heterocycles. The molecule has 1 heterocycles. The normalized spacial score (nSPS) is 23.8. The van der Waals surface area contributed by atoms with E-state index >= 15 is 0 Å². The zero-order chi connectivity index (χ0) is 14.1. The second kappa shape index (κ2) is 4.83. The minimum atomic E-state index is -1.22. The van der Waals surface area contributed by atoms with E-state index in [4.69, 9.17) is 14.9 Å². The molecule has 2 atom stereocenters. The number of nitrogens with zero attached hydrogens (tertiary/aromatic N) is 1. The lowest BCUT2D eigenvalue weighted by Gasteiger charge is -2.29. The number of rotatable bonds is 2. The molecule has 18 heavy (non-hydrogen) atoms. The summed E-state index contributed by atoms with van der Waals surface area (Å²) in [5.41, 5.74) is -0.800. The van der Waals surface area contributed by atoms with Crippen LogP contribution < -0.4 is 0 Å². The molecule has 102 valence electrons. The quantitative estimate of drug-likeness (QED) is 0.764. The predicted molar refractivity (Wildman–Crippen MR) is 60.2 cm³/mol. The van der Waals surface area contributed by atoms with Crippen LogP contribution in [0, 0.1) is 0 Å². The highest BCUT2D eigenvalue weighted by Crippen LogP contribution is 2.27. The van der Waals surface area contributed by atoms with Gasteiger partial charge < -0.3 is 14.9 Å². The molecule has 0 spiro atoms. The molecule has 2 N–H and O–H groups in total. The maximum Gasteiger partial charge on any atom is 0.411 e. The fourth-order valence-corrected chi connectivity index (χ4v) is 1.87. The molecule has 0 unspecified atom stereocenters. The van der Waals surface area contributed by atoms with E-state index in [9.17, 15) is 14.4 Å². The SMILES string of the molecule is CC(C)(C)OC(=O)N1[C@@H](C(=O)O)CC[C@H]1C(=O)O. The maximum atomic E-state index is 11.9. The summed E-state index contributed by atoms with van der Waals surface area (Å²) < 4.78 is 5.04. The molecule has 0 aromatic heterocycles. The van der Waals surface area contributed by atoms with Gasteiger partial charge in [-0.15, -0.1) is 0 Å². The van der Waals surface area contributed by atoms with Crippen molar-refractivity contribution in [1.82, 2.24) is 4.90 Å². The third-order valence-electron chi connectivity index (χ3n) is 2.56. The molecular weight excluding hydrogens is 242 g/mol. The van der Waals surface area contributed by atoms with Crippen molar-refractivity contribution in [2.75, 3.05) is 0 Å². The van der Waals surface area contributed by atoms with Gasteiger partial charge in [0.15, 0.2) is 0 Å². The standard InChI is InChI=1S/C11H17NO6/c1-11(2,3)18-10(17)12-6(8(13)14)4-5-7(12)9(15)16/h6-7H,4-5H2,1-3H3,(H,13,14)(H,15,16)/t6-,7+. The number of amides is 1. The van der Waals surface area contributed by atoms with Gasteiger partial charge in [0.1, 0.15) is 17.7 Å². The van der Waals surface area contributed by atoms with Crippen LogP contribution >= 0.6 is 0 Å². The topological polar surface area (TPSA) is 104 Å². The Morgan fingerprint density at radius 3 is 1.72 bits per heavy atom. The van der Waals surface area contributed by atoms with Crippen LogP contribution in [0.3, 0.4) is 0 Å². The van der Waals surface area contributed by atoms with E-state index in [1.807, 2.05) is 0 Å². The summed E-state index contributed by atoms with van der Waals surface area (Å²) in [5, 5.41) is 18.0. The number of aliphatic carboxylic acids is 2. The Labute approximate surface area is 104 Å². The van der Waals surface area contributed by atoms with Gasteiger partial charge in [-0.2, -0.15) is 0 Å². The summed E-state index contributed by atoms with van der Waals surface area (Å²) in [6.07, 6.45) is -0.670. The Hall–Kier alpha value is -1.79. The minimum Gasteiger partial charge on any atom is -0.480 e. The number of carbonyl (C=O) groups excluding carboxylic acids is 1. The highest BCUT2D eigenvalue weighted by atomic mass is 16.6. The third kappa shape index (κ3) is 3.12. The van der Waals surface area contributed by atoms with Crippen molar-refractivity contribution in [1.29, 1.82) is 0 Å². The number of carboxylic acid groups (broad SMARTS) is 2. The molecule has 1 saturated heterocycles. The second-order valence-corrected chi connectivity index (χ2v) is 5.17. The summed E-state index contributed by atoms with van der Waals surface area (Å²) >= 11 is 0. The van der Waals surface area contributed by atoms with Crippen molar-refractivity contribution in [2.24, 2.45) is 0 Å². The Kier molecular flexibility index (Phi) is 3.83. The van der Waals surface area contributed by atoms with Crippen molar-refractivity contribution in [3.05, 3.63) is 0 Å². The molecule has 0 aromatic carbocycles. The fourth-order valence-electron chi connectivity index (χ4n) is 1.87. The van der Waals surface area contributed by atoms with E-state index in [-0.39, 0.29) is 12.8 Å². The van der Waals surface area contributed by atoms with Crippen molar-refractivity contribution in [3.8, 4) is 0 Å². The average Bonchev–Trinajstić information content (AvgIpc) is 2.58. The zero-order valence-corrected chi connectivity index (χ0v) is 10.5. The Morgan fingerprint density at radius 2 is 1.44 bits per heavy atom. The van der Waals surface area contributed by atoms with E-state index in [1.54, 1.807) is 20.8 Å². The van der Waals surface area contributed by atoms with E-state index in [0.717, 1.165) is 4.90 Å². The Morgan fingerprint density at radius 1 is 1.06 bits per heavy atom. The number of carbonyl (C=O) groups is 3. The number of hydrogen-bond donors (Lipinski definition) is 2. The second-order valence-electron chi connectivity index (χ2n) is 5.17. The first kappa shape index (κ1) is 14.3. The molecule has 1 amide bonds. The minimum absolute atomic E-state index is 0.117. The van der Waals surface area contributed by atoms with Crippen LogP contribution in [0.2, 0.25) is 0 Å². The lowest BCUT2D eigenvalue weighted by atomic mass is 10.2. The van der Waals surface area contributed by atoms with Crippen LogP contribution in [0.4, 0.5) is 4.79 Å². The lowest BCUT2D eigenvalue weighted by molar-refractivity contribution is -0.146. The number of ether oxygens (including phenoxy) is 1. The van der Waals surface area contributed by atoms with E-state index in [2.05, 4.69) is 0 Å². The summed E-state index contributed by atoms with van der Waals surface area (Å²) in [6.45, 7) is 4.89. The fraction of sp³-hybridized carbons (Fsp3) is 0.727. The first-order valence-electron chi connectivity index (χ1n) is 5.60. The first-order chi connectivity index (χ1) is 8.13. The predicted octanol–water partition coefficient (Wildman–Crippen LogP) is 0.924. The summed E-state index contributed by atoms with van der Waals surface area (Å²) in [5.74, 6) is -2.44. The van der Waals surface area contributed by atoms with Crippen molar-refractivity contribution < 1.29 is 29.3 Å². The van der Waals surface area contributed by atoms with E-state index in [1.165, 1.54) is 0 Å². The van der Waals surface area contributed by atoms with Gasteiger partial charge in [0.05, 0.1) is 0 Å². The van der Waals surface area contributed by atoms with Gasteiger partial charge in [0.25, 0.3) is 0 Å². The maximum absolute atomic E-state index is 11.9. The highest BCUT2D eigenvalue weighted by Gasteiger charge is 2.46. The first-order valence-corrected chi connectivity index (χ1v) is 5.60. The summed E-state index contributed by atoms with van der Waals surface area (Å²) in [6, 6.07) is -2.28. The van der Waals surface area contributed by atoms with Gasteiger partial charge in [-0.25, -0.2) is 14.4 Å². The molecule has 7 nitrogen and oxygen atoms in total. The zero-order valence-electron chi connectivity index (χ0n) is 10.5. The third-order valence-corrected chi connectivity index (χ3v) is 2.56. The highest BCUT2D eigenvalue weighted by molar-refractivity contribution is 5.87. The molecule has 1 aliphatic rings. The largest absolute Gasteiger partial charge is 0.480 e. The van der Waals surface area contributed by atoms with Crippen LogP contribution in [-0.4, -0.2) is 50.8 Å². The lowest BCUT2D eigenvalue weighted by Crippen LogP contribution is -2.49. The Bertz CT molecular complexity index is 350. The summed E-state index contributed by atoms with van der Waals surface area (Å²) in [4.78, 5) is 34.7. The number of likely N-dealkylation sites (tertiary alicyclic amines) is 1. The smallest absolute Gasteiger partial charge is 0.411 e.